The zero-order chi connectivity index (χ0) is 12.7. The van der Waals surface area contributed by atoms with Gasteiger partial charge in [-0.2, -0.15) is 0 Å². The number of furan rings is 1. The van der Waals surface area contributed by atoms with E-state index in [-0.39, 0.29) is 0 Å². The van der Waals surface area contributed by atoms with Crippen LogP contribution >= 0.6 is 0 Å². The van der Waals surface area contributed by atoms with Gasteiger partial charge in [0.25, 0.3) is 0 Å². The van der Waals surface area contributed by atoms with Gasteiger partial charge in [0.2, 0.25) is 5.76 Å². The number of nitrogen functional groups attached to an aromatic ring is 1. The first kappa shape index (κ1) is 10.9. The predicted molar refractivity (Wildman–Crippen MR) is 70.2 cm³/mol. The van der Waals surface area contributed by atoms with Crippen LogP contribution in [0.3, 0.4) is 0 Å². The molecule has 0 aliphatic heterocycles. The predicted octanol–water partition coefficient (Wildman–Crippen LogP) is 3.54. The molecule has 0 saturated heterocycles. The van der Waals surface area contributed by atoms with E-state index in [2.05, 4.69) is 18.1 Å². The van der Waals surface area contributed by atoms with Gasteiger partial charge in [-0.3, -0.25) is 0 Å². The molecule has 0 amide bonds. The summed E-state index contributed by atoms with van der Waals surface area (Å²) in [5.74, 6) is 1.74. The summed E-state index contributed by atoms with van der Waals surface area (Å²) in [6, 6.07) is 8.01. The van der Waals surface area contributed by atoms with Crippen molar-refractivity contribution in [1.29, 1.82) is 0 Å². The van der Waals surface area contributed by atoms with Crippen LogP contribution in [0.25, 0.3) is 22.5 Å². The molecule has 0 bridgehead atoms. The molecule has 1 aromatic carbocycles. The van der Waals surface area contributed by atoms with E-state index in [0.29, 0.717) is 17.3 Å². The van der Waals surface area contributed by atoms with Crippen molar-refractivity contribution in [1.82, 2.24) is 5.16 Å². The van der Waals surface area contributed by atoms with E-state index in [0.717, 1.165) is 23.0 Å². The highest BCUT2D eigenvalue weighted by molar-refractivity contribution is 5.83. The summed E-state index contributed by atoms with van der Waals surface area (Å²) < 4.78 is 11.0. The minimum atomic E-state index is 0.434. The lowest BCUT2D eigenvalue weighted by atomic mass is 10.1. The highest BCUT2D eigenvalue weighted by Gasteiger charge is 2.17. The molecule has 0 spiro atoms. The molecule has 2 aromatic heterocycles. The van der Waals surface area contributed by atoms with Crippen LogP contribution < -0.4 is 5.73 Å². The highest BCUT2D eigenvalue weighted by Crippen LogP contribution is 2.32. The second-order valence-electron chi connectivity index (χ2n) is 4.38. The third kappa shape index (κ3) is 1.57. The molecular weight excluding hydrogens is 228 g/mol. The summed E-state index contributed by atoms with van der Waals surface area (Å²) in [7, 11) is 0. The summed E-state index contributed by atoms with van der Waals surface area (Å²) in [5.41, 5.74) is 8.69. The molecule has 92 valence electrons. The fourth-order valence-electron chi connectivity index (χ4n) is 2.13. The van der Waals surface area contributed by atoms with Crippen LogP contribution in [0.4, 0.5) is 5.82 Å². The Kier molecular flexibility index (Phi) is 2.37. The number of benzene rings is 1. The number of fused-ring (bicyclic) bond motifs is 1. The van der Waals surface area contributed by atoms with Gasteiger partial charge in [0.15, 0.2) is 11.6 Å². The maximum atomic E-state index is 5.78. The van der Waals surface area contributed by atoms with Gasteiger partial charge in [-0.15, -0.1) is 0 Å². The molecule has 0 atom stereocenters. The number of rotatable bonds is 2. The van der Waals surface area contributed by atoms with Crippen molar-refractivity contribution in [2.45, 2.75) is 20.3 Å². The van der Waals surface area contributed by atoms with E-state index in [4.69, 9.17) is 14.7 Å². The van der Waals surface area contributed by atoms with Crippen molar-refractivity contribution in [3.8, 4) is 11.5 Å². The smallest absolute Gasteiger partial charge is 0.207 e. The Morgan fingerprint density at radius 3 is 2.89 bits per heavy atom. The summed E-state index contributed by atoms with van der Waals surface area (Å²) in [6.45, 7) is 4.06. The van der Waals surface area contributed by atoms with Crippen LogP contribution in [-0.2, 0) is 6.42 Å². The minimum Gasteiger partial charge on any atom is -0.453 e. The molecule has 0 aliphatic rings. The second-order valence-corrected chi connectivity index (χ2v) is 4.38. The standard InChI is InChI=1S/C14H14N2O2/c1-3-10-13(18-16-14(10)15)12-7-9-6-8(2)4-5-11(9)17-12/h4-7H,3H2,1-2H3,(H2,15,16). The number of aromatic nitrogens is 1. The Labute approximate surface area is 104 Å². The SMILES string of the molecule is CCc1c(N)noc1-c1cc2cc(C)ccc2o1. The molecule has 3 rings (SSSR count). The fourth-order valence-corrected chi connectivity index (χ4v) is 2.13. The molecule has 2 heterocycles. The van der Waals surface area contributed by atoms with Crippen molar-refractivity contribution in [3.63, 3.8) is 0 Å². The number of hydrogen-bond donors (Lipinski definition) is 1. The quantitative estimate of drug-likeness (QED) is 0.746. The second kappa shape index (κ2) is 3.91. The van der Waals surface area contributed by atoms with Crippen LogP contribution in [0.1, 0.15) is 18.1 Å². The molecule has 0 radical (unpaired) electrons. The van der Waals surface area contributed by atoms with Crippen LogP contribution in [0.15, 0.2) is 33.2 Å². The van der Waals surface area contributed by atoms with E-state index >= 15 is 0 Å². The summed E-state index contributed by atoms with van der Waals surface area (Å²) in [4.78, 5) is 0. The van der Waals surface area contributed by atoms with E-state index in [1.54, 1.807) is 0 Å². The normalized spacial score (nSPS) is 11.2. The molecule has 3 aromatic rings. The van der Waals surface area contributed by atoms with Crippen LogP contribution in [0.2, 0.25) is 0 Å². The van der Waals surface area contributed by atoms with Crippen LogP contribution in [0, 0.1) is 6.92 Å². The van der Waals surface area contributed by atoms with Gasteiger partial charge in [0, 0.05) is 10.9 Å². The highest BCUT2D eigenvalue weighted by atomic mass is 16.5. The van der Waals surface area contributed by atoms with E-state index in [1.807, 2.05) is 25.1 Å². The van der Waals surface area contributed by atoms with Gasteiger partial charge >= 0.3 is 0 Å². The molecule has 2 N–H and O–H groups in total. The summed E-state index contributed by atoms with van der Waals surface area (Å²) >= 11 is 0. The van der Waals surface area contributed by atoms with E-state index in [9.17, 15) is 0 Å². The average molecular weight is 242 g/mol. The Morgan fingerprint density at radius 1 is 1.28 bits per heavy atom. The molecule has 4 heteroatoms. The Bertz CT molecular complexity index is 710. The summed E-state index contributed by atoms with van der Waals surface area (Å²) in [6.07, 6.45) is 0.765. The first-order chi connectivity index (χ1) is 8.69. The van der Waals surface area contributed by atoms with Crippen molar-refractivity contribution in [3.05, 3.63) is 35.4 Å². The first-order valence-corrected chi connectivity index (χ1v) is 5.93. The number of nitrogens with two attached hydrogens (primary N) is 1. The number of hydrogen-bond acceptors (Lipinski definition) is 4. The monoisotopic (exact) mass is 242 g/mol. The van der Waals surface area contributed by atoms with Gasteiger partial charge in [-0.05, 0) is 31.5 Å². The van der Waals surface area contributed by atoms with Crippen LogP contribution in [-0.4, -0.2) is 5.16 Å². The van der Waals surface area contributed by atoms with Gasteiger partial charge in [0.05, 0.1) is 0 Å². The third-order valence-electron chi connectivity index (χ3n) is 3.07. The molecule has 0 fully saturated rings. The maximum absolute atomic E-state index is 5.78. The minimum absolute atomic E-state index is 0.434. The van der Waals surface area contributed by atoms with Gasteiger partial charge in [-0.25, -0.2) is 0 Å². The van der Waals surface area contributed by atoms with Gasteiger partial charge in [-0.1, -0.05) is 23.7 Å². The van der Waals surface area contributed by atoms with Gasteiger partial charge < -0.3 is 14.7 Å². The Balaban J connectivity index is 2.19. The zero-order valence-electron chi connectivity index (χ0n) is 10.4. The maximum Gasteiger partial charge on any atom is 0.207 e. The van der Waals surface area contributed by atoms with E-state index < -0.39 is 0 Å². The molecule has 18 heavy (non-hydrogen) atoms. The first-order valence-electron chi connectivity index (χ1n) is 5.93. The van der Waals surface area contributed by atoms with Crippen molar-refractivity contribution >= 4 is 16.8 Å². The van der Waals surface area contributed by atoms with Crippen molar-refractivity contribution in [2.75, 3.05) is 5.73 Å². The molecule has 0 saturated carbocycles. The van der Waals surface area contributed by atoms with Crippen LogP contribution in [0.5, 0.6) is 0 Å². The number of aryl methyl sites for hydroxylation is 1. The van der Waals surface area contributed by atoms with Crippen molar-refractivity contribution < 1.29 is 8.94 Å². The van der Waals surface area contributed by atoms with E-state index in [1.165, 1.54) is 5.56 Å². The third-order valence-corrected chi connectivity index (χ3v) is 3.07. The Hall–Kier alpha value is -2.23. The van der Waals surface area contributed by atoms with Crippen molar-refractivity contribution in [2.24, 2.45) is 0 Å². The largest absolute Gasteiger partial charge is 0.453 e. The number of nitrogens with zero attached hydrogens (tertiary/aromatic N) is 1. The topological polar surface area (TPSA) is 65.2 Å². The molecule has 4 nitrogen and oxygen atoms in total. The average Bonchev–Trinajstić information content (AvgIpc) is 2.91. The Morgan fingerprint density at radius 2 is 2.11 bits per heavy atom. The lowest BCUT2D eigenvalue weighted by Crippen LogP contribution is -1.90. The lowest BCUT2D eigenvalue weighted by Gasteiger charge is -1.93. The number of anilines is 1. The fraction of sp³-hybridized carbons (Fsp3) is 0.214. The summed E-state index contributed by atoms with van der Waals surface area (Å²) in [5, 5.41) is 4.85. The lowest BCUT2D eigenvalue weighted by molar-refractivity contribution is 0.423. The zero-order valence-corrected chi connectivity index (χ0v) is 10.4. The van der Waals surface area contributed by atoms with Gasteiger partial charge in [0.1, 0.15) is 5.58 Å². The molecule has 0 unspecified atom stereocenters. The molecular formula is C14H14N2O2. The molecule has 0 aliphatic carbocycles.